The predicted octanol–water partition coefficient (Wildman–Crippen LogP) is 2.49. The van der Waals surface area contributed by atoms with Crippen LogP contribution in [0.3, 0.4) is 0 Å². The topological polar surface area (TPSA) is 53.2 Å². The highest BCUT2D eigenvalue weighted by molar-refractivity contribution is 6.31. The molecule has 0 aromatic heterocycles. The van der Waals surface area contributed by atoms with E-state index in [0.29, 0.717) is 10.6 Å². The molecule has 3 nitrogen and oxygen atoms in total. The van der Waals surface area contributed by atoms with Gasteiger partial charge in [-0.3, -0.25) is 0 Å². The molecule has 4 heteroatoms. The molecule has 0 aliphatic carbocycles. The highest BCUT2D eigenvalue weighted by atomic mass is 35.5. The summed E-state index contributed by atoms with van der Waals surface area (Å²) >= 11 is 5.78. The maximum atomic E-state index is 9.99. The predicted molar refractivity (Wildman–Crippen MR) is 48.7 cm³/mol. The molecular formula is C9H5ClN2O. The van der Waals surface area contributed by atoms with Gasteiger partial charge in [0.25, 0.3) is 0 Å². The van der Waals surface area contributed by atoms with Gasteiger partial charge in [-0.15, -0.1) is 0 Å². The number of nitrogens with zero attached hydrogens (tertiary/aromatic N) is 2. The lowest BCUT2D eigenvalue weighted by Gasteiger charge is -1.99. The minimum absolute atomic E-state index is 0.258. The number of isocyanates is 1. The zero-order valence-corrected chi connectivity index (χ0v) is 7.59. The lowest BCUT2D eigenvalue weighted by molar-refractivity contribution is 0.565. The summed E-state index contributed by atoms with van der Waals surface area (Å²) in [7, 11) is 0. The average molecular weight is 193 g/mol. The number of aryl methyl sites for hydroxylation is 1. The quantitative estimate of drug-likeness (QED) is 0.507. The normalized spacial score (nSPS) is 8.69. The zero-order valence-electron chi connectivity index (χ0n) is 6.84. The molecule has 1 rings (SSSR count). The van der Waals surface area contributed by atoms with Gasteiger partial charge in [0.15, 0.2) is 0 Å². The van der Waals surface area contributed by atoms with Gasteiger partial charge in [0.05, 0.1) is 11.3 Å². The number of carbonyl (C=O) groups excluding carboxylic acids is 1. The largest absolute Gasteiger partial charge is 0.240 e. The Morgan fingerprint density at radius 1 is 1.54 bits per heavy atom. The molecule has 0 radical (unpaired) electrons. The Kier molecular flexibility index (Phi) is 2.81. The molecular weight excluding hydrogens is 188 g/mol. The van der Waals surface area contributed by atoms with Gasteiger partial charge in [-0.1, -0.05) is 11.6 Å². The summed E-state index contributed by atoms with van der Waals surface area (Å²) in [5.74, 6) is 0. The van der Waals surface area contributed by atoms with Crippen LogP contribution >= 0.6 is 11.6 Å². The summed E-state index contributed by atoms with van der Waals surface area (Å²) in [4.78, 5) is 13.4. The van der Waals surface area contributed by atoms with Crippen molar-refractivity contribution in [1.29, 1.82) is 5.26 Å². The summed E-state index contributed by atoms with van der Waals surface area (Å²) in [6.07, 6.45) is 1.37. The van der Waals surface area contributed by atoms with E-state index in [1.165, 1.54) is 12.1 Å². The molecule has 0 aliphatic rings. The molecule has 0 fully saturated rings. The molecule has 13 heavy (non-hydrogen) atoms. The van der Waals surface area contributed by atoms with E-state index in [-0.39, 0.29) is 5.69 Å². The minimum Gasteiger partial charge on any atom is -0.211 e. The van der Waals surface area contributed by atoms with Crippen molar-refractivity contribution < 1.29 is 4.79 Å². The molecule has 0 aliphatic heterocycles. The lowest BCUT2D eigenvalue weighted by Crippen LogP contribution is -1.81. The maximum Gasteiger partial charge on any atom is 0.240 e. The van der Waals surface area contributed by atoms with Crippen LogP contribution in [-0.2, 0) is 4.79 Å². The minimum atomic E-state index is 0.258. The highest BCUT2D eigenvalue weighted by Gasteiger charge is 2.04. The van der Waals surface area contributed by atoms with Crippen LogP contribution in [-0.4, -0.2) is 6.08 Å². The maximum absolute atomic E-state index is 9.99. The van der Waals surface area contributed by atoms with E-state index in [2.05, 4.69) is 4.99 Å². The third-order valence-electron chi connectivity index (χ3n) is 1.56. The van der Waals surface area contributed by atoms with Crippen molar-refractivity contribution in [3.05, 3.63) is 28.3 Å². The molecule has 0 saturated carbocycles. The van der Waals surface area contributed by atoms with Crippen LogP contribution in [0.5, 0.6) is 0 Å². The summed E-state index contributed by atoms with van der Waals surface area (Å²) in [5.41, 5.74) is 1.36. The van der Waals surface area contributed by atoms with E-state index in [4.69, 9.17) is 16.9 Å². The van der Waals surface area contributed by atoms with Gasteiger partial charge in [0.2, 0.25) is 6.08 Å². The van der Waals surface area contributed by atoms with Crippen molar-refractivity contribution in [3.63, 3.8) is 0 Å². The van der Waals surface area contributed by atoms with Crippen molar-refractivity contribution in [2.45, 2.75) is 6.92 Å². The number of aliphatic imine (C=N–C) groups is 1. The number of nitriles is 1. The van der Waals surface area contributed by atoms with Gasteiger partial charge in [0, 0.05) is 5.02 Å². The van der Waals surface area contributed by atoms with Crippen molar-refractivity contribution in [3.8, 4) is 6.07 Å². The average Bonchev–Trinajstić information content (AvgIpc) is 2.11. The molecule has 64 valence electrons. The molecule has 0 bridgehead atoms. The Morgan fingerprint density at radius 2 is 2.23 bits per heavy atom. The Bertz CT molecular complexity index is 428. The van der Waals surface area contributed by atoms with Gasteiger partial charge in [-0.25, -0.2) is 4.79 Å². The first-order valence-corrected chi connectivity index (χ1v) is 3.85. The number of halogens is 1. The monoisotopic (exact) mass is 192 g/mol. The highest BCUT2D eigenvalue weighted by Crippen LogP contribution is 2.26. The van der Waals surface area contributed by atoms with Crippen molar-refractivity contribution in [2.75, 3.05) is 0 Å². The molecule has 0 saturated heterocycles. The third-order valence-corrected chi connectivity index (χ3v) is 1.97. The second kappa shape index (κ2) is 3.86. The van der Waals surface area contributed by atoms with Crippen LogP contribution in [0.25, 0.3) is 0 Å². The van der Waals surface area contributed by atoms with Gasteiger partial charge in [-0.05, 0) is 24.6 Å². The summed E-state index contributed by atoms with van der Waals surface area (Å²) < 4.78 is 0. The first-order chi connectivity index (χ1) is 6.19. The van der Waals surface area contributed by atoms with Crippen LogP contribution in [0, 0.1) is 18.3 Å². The zero-order chi connectivity index (χ0) is 9.84. The van der Waals surface area contributed by atoms with E-state index in [0.717, 1.165) is 5.56 Å². The van der Waals surface area contributed by atoms with Gasteiger partial charge >= 0.3 is 0 Å². The van der Waals surface area contributed by atoms with Crippen LogP contribution in [0.1, 0.15) is 11.1 Å². The van der Waals surface area contributed by atoms with Crippen LogP contribution in [0.2, 0.25) is 5.02 Å². The lowest BCUT2D eigenvalue weighted by atomic mass is 10.1. The van der Waals surface area contributed by atoms with E-state index in [1.807, 2.05) is 6.07 Å². The van der Waals surface area contributed by atoms with Crippen LogP contribution < -0.4 is 0 Å². The number of benzene rings is 1. The van der Waals surface area contributed by atoms with Gasteiger partial charge in [0.1, 0.15) is 6.07 Å². The molecule has 0 heterocycles. The SMILES string of the molecule is Cc1cc(C#N)c(N=C=O)cc1Cl. The van der Waals surface area contributed by atoms with E-state index < -0.39 is 0 Å². The second-order valence-electron chi connectivity index (χ2n) is 2.43. The Hall–Kier alpha value is -1.62. The number of rotatable bonds is 1. The third kappa shape index (κ3) is 1.94. The summed E-state index contributed by atoms with van der Waals surface area (Å²) in [6.45, 7) is 1.78. The fraction of sp³-hybridized carbons (Fsp3) is 0.111. The standard InChI is InChI=1S/C9H5ClN2O/c1-6-2-7(4-11)9(12-5-13)3-8(6)10/h2-3H,1H3. The van der Waals surface area contributed by atoms with E-state index >= 15 is 0 Å². The smallest absolute Gasteiger partial charge is 0.211 e. The molecule has 0 unspecified atom stereocenters. The molecule has 0 amide bonds. The molecule has 0 atom stereocenters. The van der Waals surface area contributed by atoms with Gasteiger partial charge < -0.3 is 0 Å². The number of hydrogen-bond donors (Lipinski definition) is 0. The fourth-order valence-corrected chi connectivity index (χ4v) is 1.06. The Morgan fingerprint density at radius 3 is 2.77 bits per heavy atom. The first kappa shape index (κ1) is 9.47. The molecule has 0 N–H and O–H groups in total. The van der Waals surface area contributed by atoms with Crippen LogP contribution in [0.4, 0.5) is 5.69 Å². The summed E-state index contributed by atoms with van der Waals surface area (Å²) in [5, 5.41) is 9.16. The molecule has 1 aromatic rings. The Labute approximate surface area is 80.3 Å². The first-order valence-electron chi connectivity index (χ1n) is 3.47. The van der Waals surface area contributed by atoms with E-state index in [1.54, 1.807) is 13.0 Å². The summed E-state index contributed by atoms with van der Waals surface area (Å²) in [6, 6.07) is 4.97. The van der Waals surface area contributed by atoms with Crippen molar-refractivity contribution >= 4 is 23.4 Å². The van der Waals surface area contributed by atoms with Crippen molar-refractivity contribution in [2.24, 2.45) is 4.99 Å². The van der Waals surface area contributed by atoms with Crippen LogP contribution in [0.15, 0.2) is 17.1 Å². The van der Waals surface area contributed by atoms with E-state index in [9.17, 15) is 4.79 Å². The molecule has 1 aromatic carbocycles. The number of hydrogen-bond acceptors (Lipinski definition) is 3. The van der Waals surface area contributed by atoms with Gasteiger partial charge in [-0.2, -0.15) is 10.3 Å². The second-order valence-corrected chi connectivity index (χ2v) is 2.84. The molecule has 0 spiro atoms. The Balaban J connectivity index is 3.43. The fourth-order valence-electron chi connectivity index (χ4n) is 0.902. The van der Waals surface area contributed by atoms with Crippen molar-refractivity contribution in [1.82, 2.24) is 0 Å².